The molecule has 0 aromatic heterocycles. The van der Waals surface area contributed by atoms with Crippen LogP contribution < -0.4 is 5.73 Å². The van der Waals surface area contributed by atoms with Gasteiger partial charge in [-0.25, -0.2) is 4.39 Å². The van der Waals surface area contributed by atoms with E-state index in [9.17, 15) is 9.18 Å². The highest BCUT2D eigenvalue weighted by Crippen LogP contribution is 2.31. The lowest BCUT2D eigenvalue weighted by atomic mass is 9.89. The van der Waals surface area contributed by atoms with Crippen molar-refractivity contribution in [2.45, 2.75) is 25.3 Å². The van der Waals surface area contributed by atoms with Crippen LogP contribution >= 0.6 is 0 Å². The first-order valence-electron chi connectivity index (χ1n) is 8.29. The fraction of sp³-hybridized carbons (Fsp3) is 0.500. The quantitative estimate of drug-likeness (QED) is 0.777. The van der Waals surface area contributed by atoms with Gasteiger partial charge in [-0.3, -0.25) is 14.6 Å². The molecule has 142 valence electrons. The molecule has 8 heteroatoms. The summed E-state index contributed by atoms with van der Waals surface area (Å²) in [7, 11) is 0. The zero-order chi connectivity index (χ0) is 19.2. The third kappa shape index (κ3) is 4.86. The van der Waals surface area contributed by atoms with Gasteiger partial charge in [0, 0.05) is 24.5 Å². The Morgan fingerprint density at radius 3 is 2.85 bits per heavy atom. The highest BCUT2D eigenvalue weighted by Gasteiger charge is 2.33. The number of hydrogen-bond donors (Lipinski definition) is 2. The molecular formula is C18H23FN2O5. The lowest BCUT2D eigenvalue weighted by molar-refractivity contribution is -0.123. The Kier molecular flexibility index (Phi) is 6.82. The van der Waals surface area contributed by atoms with Crippen molar-refractivity contribution in [3.05, 3.63) is 35.1 Å². The average molecular weight is 366 g/mol. The van der Waals surface area contributed by atoms with E-state index in [-0.39, 0.29) is 43.6 Å². The zero-order valence-electron chi connectivity index (χ0n) is 14.6. The minimum atomic E-state index is -0.859. The molecule has 2 aliphatic heterocycles. The van der Waals surface area contributed by atoms with Crippen LogP contribution in [0, 0.1) is 11.7 Å². The lowest BCUT2D eigenvalue weighted by Gasteiger charge is -2.30. The van der Waals surface area contributed by atoms with E-state index in [0.29, 0.717) is 24.6 Å². The molecule has 1 aromatic carbocycles. The Hall–Kier alpha value is -2.32. The Morgan fingerprint density at radius 1 is 1.50 bits per heavy atom. The summed E-state index contributed by atoms with van der Waals surface area (Å²) in [6, 6.07) is 4.73. The van der Waals surface area contributed by atoms with Gasteiger partial charge in [0.25, 0.3) is 6.47 Å². The van der Waals surface area contributed by atoms with Crippen molar-refractivity contribution in [2.75, 3.05) is 26.4 Å². The van der Waals surface area contributed by atoms with Gasteiger partial charge in [-0.2, -0.15) is 0 Å². The molecule has 1 fully saturated rings. The first kappa shape index (κ1) is 20.0. The summed E-state index contributed by atoms with van der Waals surface area (Å²) in [5, 5.41) is 6.89. The van der Waals surface area contributed by atoms with Gasteiger partial charge < -0.3 is 20.3 Å². The summed E-state index contributed by atoms with van der Waals surface area (Å²) in [6.45, 7) is 3.18. The molecule has 0 amide bonds. The number of benzene rings is 1. The van der Waals surface area contributed by atoms with Crippen molar-refractivity contribution in [3.8, 4) is 0 Å². The van der Waals surface area contributed by atoms with E-state index in [4.69, 9.17) is 25.1 Å². The van der Waals surface area contributed by atoms with Crippen LogP contribution in [-0.4, -0.2) is 49.6 Å². The van der Waals surface area contributed by atoms with Crippen molar-refractivity contribution in [3.63, 3.8) is 0 Å². The minimum absolute atomic E-state index is 0.0502. The Labute approximate surface area is 151 Å². The predicted molar refractivity (Wildman–Crippen MR) is 92.5 cm³/mol. The number of hydrogen-bond acceptors (Lipinski definition) is 6. The van der Waals surface area contributed by atoms with Gasteiger partial charge >= 0.3 is 0 Å². The van der Waals surface area contributed by atoms with Crippen LogP contribution in [0.1, 0.15) is 24.5 Å². The van der Waals surface area contributed by atoms with Crippen molar-refractivity contribution < 1.29 is 28.6 Å². The Balaban J connectivity index is 0.000000758. The highest BCUT2D eigenvalue weighted by atomic mass is 19.1. The maximum absolute atomic E-state index is 14.3. The van der Waals surface area contributed by atoms with Gasteiger partial charge in [0.05, 0.1) is 13.2 Å². The molecule has 1 saturated heterocycles. The van der Waals surface area contributed by atoms with Gasteiger partial charge in [-0.15, -0.1) is 0 Å². The molecule has 1 aromatic rings. The second kappa shape index (κ2) is 8.86. The van der Waals surface area contributed by atoms with Gasteiger partial charge in [-0.1, -0.05) is 6.07 Å². The molecule has 2 aliphatic rings. The van der Waals surface area contributed by atoms with E-state index in [2.05, 4.69) is 4.99 Å². The van der Waals surface area contributed by atoms with Crippen LogP contribution in [0.25, 0.3) is 0 Å². The first-order valence-corrected chi connectivity index (χ1v) is 8.29. The van der Waals surface area contributed by atoms with Crippen molar-refractivity contribution in [1.82, 2.24) is 0 Å². The number of carboxylic acid groups (broad SMARTS) is 1. The molecule has 7 nitrogen and oxygen atoms in total. The number of nitrogens with two attached hydrogens (primary N) is 1. The molecule has 0 saturated carbocycles. The number of carbonyl (C=O) groups excluding carboxylic acids is 1. The van der Waals surface area contributed by atoms with Gasteiger partial charge in [0.1, 0.15) is 29.6 Å². The molecule has 0 aliphatic carbocycles. The maximum Gasteiger partial charge on any atom is 0.290 e. The summed E-state index contributed by atoms with van der Waals surface area (Å²) in [5.41, 5.74) is 6.06. The highest BCUT2D eigenvalue weighted by molar-refractivity contribution is 5.84. The third-order valence-corrected chi connectivity index (χ3v) is 4.40. The molecule has 1 unspecified atom stereocenters. The number of carbonyl (C=O) groups is 2. The number of nitrogens with zero attached hydrogens (tertiary/aromatic N) is 1. The monoisotopic (exact) mass is 366 g/mol. The second-order valence-corrected chi connectivity index (χ2v) is 6.49. The number of Topliss-reactive ketones (excluding diaryl/α,β-unsaturated/α-hetero) is 1. The zero-order valence-corrected chi connectivity index (χ0v) is 14.6. The molecular weight excluding hydrogens is 343 g/mol. The second-order valence-electron chi connectivity index (χ2n) is 6.49. The van der Waals surface area contributed by atoms with E-state index in [1.165, 1.54) is 6.07 Å². The number of aliphatic imine (C=N–C) groups is 1. The summed E-state index contributed by atoms with van der Waals surface area (Å²) in [6.07, 6.45) is 1.04. The summed E-state index contributed by atoms with van der Waals surface area (Å²) in [4.78, 5) is 25.0. The third-order valence-electron chi connectivity index (χ3n) is 4.40. The van der Waals surface area contributed by atoms with E-state index < -0.39 is 5.54 Å². The fourth-order valence-electron chi connectivity index (χ4n) is 3.10. The van der Waals surface area contributed by atoms with Crippen molar-refractivity contribution in [2.24, 2.45) is 16.6 Å². The van der Waals surface area contributed by atoms with Crippen molar-refractivity contribution >= 4 is 18.1 Å². The Bertz CT molecular complexity index is 688. The molecule has 0 spiro atoms. The average Bonchev–Trinajstić information content (AvgIpc) is 3.12. The predicted octanol–water partition coefficient (Wildman–Crippen LogP) is 1.28. The number of amidine groups is 1. The van der Waals surface area contributed by atoms with E-state index >= 15 is 0 Å². The van der Waals surface area contributed by atoms with Crippen molar-refractivity contribution in [1.29, 1.82) is 0 Å². The summed E-state index contributed by atoms with van der Waals surface area (Å²) < 4.78 is 25.0. The smallest absolute Gasteiger partial charge is 0.290 e. The minimum Gasteiger partial charge on any atom is -0.483 e. The van der Waals surface area contributed by atoms with Crippen LogP contribution in [0.2, 0.25) is 0 Å². The number of halogens is 1. The molecule has 2 heterocycles. The van der Waals surface area contributed by atoms with Crippen LogP contribution in [0.15, 0.2) is 23.2 Å². The normalized spacial score (nSPS) is 25.0. The molecule has 0 radical (unpaired) electrons. The van der Waals surface area contributed by atoms with Gasteiger partial charge in [-0.05, 0) is 31.0 Å². The van der Waals surface area contributed by atoms with Gasteiger partial charge in [0.15, 0.2) is 0 Å². The lowest BCUT2D eigenvalue weighted by Crippen LogP contribution is -2.38. The number of rotatable bonds is 4. The molecule has 3 N–H and O–H groups in total. The Morgan fingerprint density at radius 2 is 2.23 bits per heavy atom. The topological polar surface area (TPSA) is 111 Å². The van der Waals surface area contributed by atoms with E-state index in [1.807, 2.05) is 0 Å². The van der Waals surface area contributed by atoms with E-state index in [1.54, 1.807) is 19.1 Å². The van der Waals surface area contributed by atoms with Crippen LogP contribution in [-0.2, 0) is 31.0 Å². The van der Waals surface area contributed by atoms with Crippen LogP contribution in [0.3, 0.4) is 0 Å². The molecule has 26 heavy (non-hydrogen) atoms. The van der Waals surface area contributed by atoms with Crippen LogP contribution in [0.5, 0.6) is 0 Å². The summed E-state index contributed by atoms with van der Waals surface area (Å²) >= 11 is 0. The SMILES string of the molecule is C[C@@]1(c2cc(CC(=O)C3CCOC3)ccc2F)COCC(N)=N1.O=CO. The first-order chi connectivity index (χ1) is 12.4. The fourth-order valence-corrected chi connectivity index (χ4v) is 3.10. The molecule has 2 atom stereocenters. The van der Waals surface area contributed by atoms with Crippen LogP contribution in [0.4, 0.5) is 4.39 Å². The van der Waals surface area contributed by atoms with Gasteiger partial charge in [0.2, 0.25) is 0 Å². The standard InChI is InChI=1S/C17H21FN2O3.CH2O2/c1-17(10-23-9-16(19)20-17)13-6-11(2-3-14(13)18)7-15(21)12-4-5-22-8-12;2-1-3/h2-3,6,12H,4-5,7-10H2,1H3,(H2,19,20);1H,(H,2,3)/t12?,17-;/m0./s1. The molecule has 3 rings (SSSR count). The largest absolute Gasteiger partial charge is 0.483 e. The van der Waals surface area contributed by atoms with E-state index in [0.717, 1.165) is 12.0 Å². The maximum atomic E-state index is 14.3. The summed E-state index contributed by atoms with van der Waals surface area (Å²) in [5.74, 6) is 0.0663. The number of ether oxygens (including phenoxy) is 2. The molecule has 0 bridgehead atoms. The number of ketones is 1.